The summed E-state index contributed by atoms with van der Waals surface area (Å²) in [5.41, 5.74) is 2.91. The Bertz CT molecular complexity index is 894. The predicted octanol–water partition coefficient (Wildman–Crippen LogP) is 3.38. The second-order valence-corrected chi connectivity index (χ2v) is 5.68. The average molecular weight is 330 g/mol. The monoisotopic (exact) mass is 330 g/mol. The van der Waals surface area contributed by atoms with Gasteiger partial charge in [0.2, 0.25) is 0 Å². The van der Waals surface area contributed by atoms with Crippen molar-refractivity contribution in [1.29, 1.82) is 5.26 Å². The van der Waals surface area contributed by atoms with Crippen molar-refractivity contribution in [2.24, 2.45) is 0 Å². The van der Waals surface area contributed by atoms with E-state index in [-0.39, 0.29) is 5.78 Å². The van der Waals surface area contributed by atoms with Gasteiger partial charge in [0, 0.05) is 11.9 Å². The molecule has 0 aliphatic rings. The van der Waals surface area contributed by atoms with Crippen molar-refractivity contribution >= 4 is 5.78 Å². The third kappa shape index (κ3) is 3.48. The molecule has 0 radical (unpaired) electrons. The van der Waals surface area contributed by atoms with Gasteiger partial charge in [-0.1, -0.05) is 43.3 Å². The topological polar surface area (TPSA) is 71.6 Å². The molecule has 0 saturated heterocycles. The lowest BCUT2D eigenvalue weighted by Gasteiger charge is -2.10. The third-order valence-electron chi connectivity index (χ3n) is 4.10. The summed E-state index contributed by atoms with van der Waals surface area (Å²) in [6.07, 6.45) is 3.82. The van der Waals surface area contributed by atoms with Crippen LogP contribution < -0.4 is 0 Å². The fourth-order valence-corrected chi connectivity index (χ4v) is 2.84. The first-order valence-corrected chi connectivity index (χ1v) is 8.18. The van der Waals surface area contributed by atoms with E-state index in [9.17, 15) is 10.1 Å². The summed E-state index contributed by atoms with van der Waals surface area (Å²) in [6.45, 7) is 2.58. The van der Waals surface area contributed by atoms with E-state index in [1.165, 1.54) is 0 Å². The van der Waals surface area contributed by atoms with Crippen LogP contribution in [0.2, 0.25) is 0 Å². The maximum Gasteiger partial charge on any atom is 0.189 e. The number of Topliss-reactive ketones (excluding diaryl/α,β-unsaturated/α-hetero) is 1. The molecule has 25 heavy (non-hydrogen) atoms. The SMILES string of the molecule is CCc1c(C(=O)[C@H](C#N)c2ccccn2)cnn1Cc1ccccc1. The predicted molar refractivity (Wildman–Crippen MR) is 94.1 cm³/mol. The lowest BCUT2D eigenvalue weighted by molar-refractivity contribution is 0.0976. The molecule has 5 nitrogen and oxygen atoms in total. The van der Waals surface area contributed by atoms with Gasteiger partial charge in [0.15, 0.2) is 11.7 Å². The van der Waals surface area contributed by atoms with Crippen molar-refractivity contribution in [2.75, 3.05) is 0 Å². The normalized spacial score (nSPS) is 11.7. The fourth-order valence-electron chi connectivity index (χ4n) is 2.84. The quantitative estimate of drug-likeness (QED) is 0.650. The molecule has 124 valence electrons. The molecule has 0 amide bonds. The molecule has 0 unspecified atom stereocenters. The molecule has 0 spiro atoms. The van der Waals surface area contributed by atoms with Crippen LogP contribution in [0.5, 0.6) is 0 Å². The van der Waals surface area contributed by atoms with Crippen LogP contribution in [-0.4, -0.2) is 20.5 Å². The standard InChI is InChI=1S/C20H18N4O/c1-2-19-17(13-23-24(19)14-15-8-4-3-5-9-15)20(25)16(12-21)18-10-6-7-11-22-18/h3-11,13,16H,2,14H2,1H3/t16-/m1/s1. The zero-order valence-corrected chi connectivity index (χ0v) is 14.0. The van der Waals surface area contributed by atoms with Gasteiger partial charge >= 0.3 is 0 Å². The van der Waals surface area contributed by atoms with Gasteiger partial charge in [-0.2, -0.15) is 10.4 Å². The second-order valence-electron chi connectivity index (χ2n) is 5.68. The maximum absolute atomic E-state index is 12.9. The number of rotatable bonds is 6. The summed E-state index contributed by atoms with van der Waals surface area (Å²) in [4.78, 5) is 17.1. The Labute approximate surface area is 146 Å². The lowest BCUT2D eigenvalue weighted by Crippen LogP contribution is -2.15. The van der Waals surface area contributed by atoms with Crippen molar-refractivity contribution in [3.63, 3.8) is 0 Å². The highest BCUT2D eigenvalue weighted by atomic mass is 16.1. The number of ketones is 1. The van der Waals surface area contributed by atoms with Crippen LogP contribution in [0.3, 0.4) is 0 Å². The molecule has 3 aromatic rings. The van der Waals surface area contributed by atoms with E-state index in [2.05, 4.69) is 16.2 Å². The van der Waals surface area contributed by atoms with Gasteiger partial charge in [-0.3, -0.25) is 14.5 Å². The van der Waals surface area contributed by atoms with Crippen LogP contribution in [0.1, 0.15) is 40.2 Å². The maximum atomic E-state index is 12.9. The second kappa shape index (κ2) is 7.54. The molecule has 2 heterocycles. The van der Waals surface area contributed by atoms with Crippen molar-refractivity contribution in [3.05, 3.63) is 83.4 Å². The van der Waals surface area contributed by atoms with Crippen LogP contribution in [-0.2, 0) is 13.0 Å². The molecule has 0 N–H and O–H groups in total. The smallest absolute Gasteiger partial charge is 0.189 e. The van der Waals surface area contributed by atoms with E-state index in [1.807, 2.05) is 41.9 Å². The number of carbonyl (C=O) groups is 1. The number of benzene rings is 1. The minimum atomic E-state index is -0.916. The van der Waals surface area contributed by atoms with Gasteiger partial charge in [-0.15, -0.1) is 0 Å². The van der Waals surface area contributed by atoms with Gasteiger partial charge in [-0.05, 0) is 24.1 Å². The van der Waals surface area contributed by atoms with Crippen LogP contribution in [0.4, 0.5) is 0 Å². The summed E-state index contributed by atoms with van der Waals surface area (Å²) in [5, 5.41) is 13.9. The summed E-state index contributed by atoms with van der Waals surface area (Å²) >= 11 is 0. The molecule has 0 saturated carbocycles. The Morgan fingerprint density at radius 3 is 2.60 bits per heavy atom. The van der Waals surface area contributed by atoms with E-state index in [1.54, 1.807) is 30.6 Å². The molecule has 0 fully saturated rings. The minimum Gasteiger partial charge on any atom is -0.292 e. The molecule has 1 atom stereocenters. The number of nitriles is 1. The highest BCUT2D eigenvalue weighted by Gasteiger charge is 2.27. The largest absolute Gasteiger partial charge is 0.292 e. The molecule has 3 rings (SSSR count). The van der Waals surface area contributed by atoms with Gasteiger partial charge in [-0.25, -0.2) is 0 Å². The first-order chi connectivity index (χ1) is 12.2. The van der Waals surface area contributed by atoms with Gasteiger partial charge in [0.25, 0.3) is 0 Å². The van der Waals surface area contributed by atoms with Crippen LogP contribution in [0.15, 0.2) is 60.9 Å². The van der Waals surface area contributed by atoms with Crippen LogP contribution in [0, 0.1) is 11.3 Å². The van der Waals surface area contributed by atoms with Crippen molar-refractivity contribution in [3.8, 4) is 6.07 Å². The van der Waals surface area contributed by atoms with E-state index < -0.39 is 5.92 Å². The highest BCUT2D eigenvalue weighted by molar-refractivity contribution is 6.03. The van der Waals surface area contributed by atoms with Crippen molar-refractivity contribution in [1.82, 2.24) is 14.8 Å². The van der Waals surface area contributed by atoms with E-state index in [0.29, 0.717) is 24.2 Å². The average Bonchev–Trinajstić information content (AvgIpc) is 3.06. The summed E-state index contributed by atoms with van der Waals surface area (Å²) in [6, 6.07) is 17.3. The summed E-state index contributed by atoms with van der Waals surface area (Å²) in [7, 11) is 0. The number of pyridine rings is 1. The summed E-state index contributed by atoms with van der Waals surface area (Å²) < 4.78 is 1.83. The van der Waals surface area contributed by atoms with Crippen LogP contribution in [0.25, 0.3) is 0 Å². The molecule has 5 heteroatoms. The number of hydrogen-bond acceptors (Lipinski definition) is 4. The molecule has 0 bridgehead atoms. The fraction of sp³-hybridized carbons (Fsp3) is 0.200. The van der Waals surface area contributed by atoms with E-state index in [4.69, 9.17) is 0 Å². The van der Waals surface area contributed by atoms with Gasteiger partial charge in [0.05, 0.1) is 30.1 Å². The highest BCUT2D eigenvalue weighted by Crippen LogP contribution is 2.22. The number of nitrogens with zero attached hydrogens (tertiary/aromatic N) is 4. The molecular weight excluding hydrogens is 312 g/mol. The Balaban J connectivity index is 1.92. The van der Waals surface area contributed by atoms with Crippen LogP contribution >= 0.6 is 0 Å². The van der Waals surface area contributed by atoms with Crippen molar-refractivity contribution < 1.29 is 4.79 Å². The lowest BCUT2D eigenvalue weighted by atomic mass is 9.95. The number of carbonyl (C=O) groups excluding carboxylic acids is 1. The Hall–Kier alpha value is -3.26. The van der Waals surface area contributed by atoms with Crippen molar-refractivity contribution in [2.45, 2.75) is 25.8 Å². The van der Waals surface area contributed by atoms with E-state index >= 15 is 0 Å². The minimum absolute atomic E-state index is 0.252. The molecule has 1 aromatic carbocycles. The zero-order chi connectivity index (χ0) is 17.6. The molecule has 0 aliphatic heterocycles. The Morgan fingerprint density at radius 2 is 1.96 bits per heavy atom. The van der Waals surface area contributed by atoms with E-state index in [0.717, 1.165) is 11.3 Å². The molecule has 2 aromatic heterocycles. The number of aromatic nitrogens is 3. The molecular formula is C20H18N4O. The zero-order valence-electron chi connectivity index (χ0n) is 14.0. The van der Waals surface area contributed by atoms with Gasteiger partial charge in [0.1, 0.15) is 0 Å². The summed E-state index contributed by atoms with van der Waals surface area (Å²) in [5.74, 6) is -1.17. The van der Waals surface area contributed by atoms with Gasteiger partial charge < -0.3 is 0 Å². The number of hydrogen-bond donors (Lipinski definition) is 0. The third-order valence-corrected chi connectivity index (χ3v) is 4.10. The Kier molecular flexibility index (Phi) is 5.00. The first kappa shape index (κ1) is 16.6. The molecule has 0 aliphatic carbocycles. The first-order valence-electron chi connectivity index (χ1n) is 8.18. The Morgan fingerprint density at radius 1 is 1.20 bits per heavy atom.